The summed E-state index contributed by atoms with van der Waals surface area (Å²) in [6.45, 7) is 13.2. The van der Waals surface area contributed by atoms with Gasteiger partial charge in [0.25, 0.3) is 5.56 Å². The molecule has 11 heteroatoms. The molecular weight excluding hydrogens is 458 g/mol. The first kappa shape index (κ1) is 27.3. The summed E-state index contributed by atoms with van der Waals surface area (Å²) in [6, 6.07) is 5.37. The van der Waals surface area contributed by atoms with Gasteiger partial charge in [0.15, 0.2) is 0 Å². The summed E-state index contributed by atoms with van der Waals surface area (Å²) in [7, 11) is -1.62. The fraction of sp³-hybridized carbons (Fsp3) is 0.565. The average molecular weight is 494 g/mol. The normalized spacial score (nSPS) is 14.0. The Hall–Kier alpha value is -2.92. The molecule has 2 N–H and O–H groups in total. The number of hydrogen-bond donors (Lipinski definition) is 2. The van der Waals surface area contributed by atoms with Crippen LogP contribution in [-0.4, -0.2) is 51.7 Å². The molecule has 0 saturated heterocycles. The maximum Gasteiger partial charge on any atom is 0.408 e. The lowest BCUT2D eigenvalue weighted by Crippen LogP contribution is -2.46. The van der Waals surface area contributed by atoms with Gasteiger partial charge in [-0.3, -0.25) is 13.9 Å². The van der Waals surface area contributed by atoms with Crippen molar-refractivity contribution in [3.8, 4) is 0 Å². The minimum atomic E-state index is -1.62. The smallest absolute Gasteiger partial charge is 0.408 e. The molecule has 1 aromatic heterocycles. The molecule has 2 unspecified atom stereocenters. The number of carboxylic acids is 1. The maximum absolute atomic E-state index is 13.3. The molecule has 2 rings (SSSR count). The van der Waals surface area contributed by atoms with Gasteiger partial charge in [0, 0.05) is 12.3 Å². The minimum absolute atomic E-state index is 0.0343. The Morgan fingerprint density at radius 1 is 1.12 bits per heavy atom. The maximum atomic E-state index is 13.3. The lowest BCUT2D eigenvalue weighted by molar-refractivity contribution is -0.139. The topological polar surface area (TPSA) is 129 Å². The summed E-state index contributed by atoms with van der Waals surface area (Å²) in [4.78, 5) is 50.0. The molecule has 34 heavy (non-hydrogen) atoms. The number of amides is 1. The second-order valence-corrected chi connectivity index (χ2v) is 15.9. The van der Waals surface area contributed by atoms with E-state index >= 15 is 0 Å². The molecule has 0 radical (unpaired) electrons. The van der Waals surface area contributed by atoms with Crippen molar-refractivity contribution in [2.75, 3.05) is 0 Å². The number of aliphatic carboxylic acids is 1. The molecule has 1 amide bonds. The molecule has 0 saturated carbocycles. The SMILES string of the molecule is CC(OCn1c(=O)n(CCC(NC(=O)OC(C)(C)C)C(=O)O)c(=O)c2ccccc21)[Si](C)(C)C. The number of nitrogens with one attached hydrogen (secondary N) is 1. The van der Waals surface area contributed by atoms with Crippen LogP contribution < -0.4 is 16.6 Å². The van der Waals surface area contributed by atoms with Crippen LogP contribution >= 0.6 is 0 Å². The highest BCUT2D eigenvalue weighted by atomic mass is 28.3. The first-order chi connectivity index (χ1) is 15.6. The monoisotopic (exact) mass is 493 g/mol. The molecule has 188 valence electrons. The van der Waals surface area contributed by atoms with Gasteiger partial charge in [0.2, 0.25) is 0 Å². The zero-order chi connectivity index (χ0) is 25.8. The quantitative estimate of drug-likeness (QED) is 0.514. The zero-order valence-corrected chi connectivity index (χ0v) is 21.9. The summed E-state index contributed by atoms with van der Waals surface area (Å²) >= 11 is 0. The zero-order valence-electron chi connectivity index (χ0n) is 20.9. The van der Waals surface area contributed by atoms with E-state index in [2.05, 4.69) is 25.0 Å². The van der Waals surface area contributed by atoms with E-state index in [0.29, 0.717) is 10.9 Å². The number of para-hydroxylation sites is 1. The summed E-state index contributed by atoms with van der Waals surface area (Å²) < 4.78 is 13.5. The van der Waals surface area contributed by atoms with Crippen molar-refractivity contribution < 1.29 is 24.2 Å². The van der Waals surface area contributed by atoms with E-state index < -0.39 is 43.0 Å². The van der Waals surface area contributed by atoms with Crippen molar-refractivity contribution in [1.29, 1.82) is 0 Å². The summed E-state index contributed by atoms with van der Waals surface area (Å²) in [5.74, 6) is -1.30. The van der Waals surface area contributed by atoms with Crippen LogP contribution in [0.4, 0.5) is 4.79 Å². The van der Waals surface area contributed by atoms with Crippen molar-refractivity contribution in [3.05, 3.63) is 45.1 Å². The highest BCUT2D eigenvalue weighted by Crippen LogP contribution is 2.13. The van der Waals surface area contributed by atoms with Gasteiger partial charge in [-0.1, -0.05) is 31.8 Å². The van der Waals surface area contributed by atoms with Gasteiger partial charge in [-0.2, -0.15) is 0 Å². The van der Waals surface area contributed by atoms with Gasteiger partial charge in [0.05, 0.1) is 19.0 Å². The Morgan fingerprint density at radius 2 is 1.74 bits per heavy atom. The fourth-order valence-corrected chi connectivity index (χ4v) is 3.67. The van der Waals surface area contributed by atoms with Crippen molar-refractivity contribution >= 4 is 31.0 Å². The van der Waals surface area contributed by atoms with Gasteiger partial charge in [0.1, 0.15) is 18.4 Å². The second-order valence-electron chi connectivity index (χ2n) is 10.3. The first-order valence-corrected chi connectivity index (χ1v) is 14.8. The molecule has 0 bridgehead atoms. The standard InChI is InChI=1S/C23H35N3O7Si/c1-15(34(5,6)7)32-14-26-18-11-9-8-10-16(18)19(27)25(22(26)31)13-12-17(20(28)29)24-21(30)33-23(2,3)4/h8-11,15,17H,12-14H2,1-7H3,(H,24,30)(H,28,29). The van der Waals surface area contributed by atoms with Crippen LogP contribution in [0.5, 0.6) is 0 Å². The Labute approximate surface area is 199 Å². The highest BCUT2D eigenvalue weighted by Gasteiger charge is 2.26. The number of aromatic nitrogens is 2. The van der Waals surface area contributed by atoms with E-state index in [9.17, 15) is 24.3 Å². The third kappa shape index (κ3) is 7.04. The Morgan fingerprint density at radius 3 is 2.29 bits per heavy atom. The minimum Gasteiger partial charge on any atom is -0.480 e. The van der Waals surface area contributed by atoms with Crippen molar-refractivity contribution in [2.45, 2.75) is 84.4 Å². The highest BCUT2D eigenvalue weighted by molar-refractivity contribution is 6.77. The fourth-order valence-electron chi connectivity index (χ4n) is 3.09. The van der Waals surface area contributed by atoms with E-state index in [-0.39, 0.29) is 25.4 Å². The first-order valence-electron chi connectivity index (χ1n) is 11.2. The van der Waals surface area contributed by atoms with Gasteiger partial charge in [-0.05, 0) is 46.2 Å². The number of carboxylic acid groups (broad SMARTS) is 1. The third-order valence-corrected chi connectivity index (χ3v) is 8.04. The average Bonchev–Trinajstić information content (AvgIpc) is 2.70. The molecule has 0 aliphatic heterocycles. The van der Waals surface area contributed by atoms with Crippen molar-refractivity contribution in [2.24, 2.45) is 0 Å². The molecule has 1 aromatic carbocycles. The number of ether oxygens (including phenoxy) is 2. The Kier molecular flexibility index (Phi) is 8.48. The number of nitrogens with zero attached hydrogens (tertiary/aromatic N) is 2. The molecular formula is C23H35N3O7Si. The van der Waals surface area contributed by atoms with Crippen LogP contribution in [0.25, 0.3) is 10.9 Å². The molecule has 2 atom stereocenters. The third-order valence-electron chi connectivity index (χ3n) is 5.44. The molecule has 10 nitrogen and oxygen atoms in total. The molecule has 0 aliphatic carbocycles. The molecule has 2 aromatic rings. The predicted octanol–water partition coefficient (Wildman–Crippen LogP) is 2.77. The van der Waals surface area contributed by atoms with Gasteiger partial charge in [-0.25, -0.2) is 14.4 Å². The number of alkyl carbamates (subject to hydrolysis) is 1. The van der Waals surface area contributed by atoms with E-state index in [0.717, 1.165) is 4.57 Å². The number of carbonyl (C=O) groups excluding carboxylic acids is 1. The van der Waals surface area contributed by atoms with E-state index in [1.54, 1.807) is 45.0 Å². The number of fused-ring (bicyclic) bond motifs is 1. The Bertz CT molecular complexity index is 1160. The molecule has 1 heterocycles. The van der Waals surface area contributed by atoms with Gasteiger partial charge < -0.3 is 19.9 Å². The van der Waals surface area contributed by atoms with E-state index in [1.165, 1.54) is 4.57 Å². The number of rotatable bonds is 9. The van der Waals surface area contributed by atoms with Crippen molar-refractivity contribution in [1.82, 2.24) is 14.5 Å². The van der Waals surface area contributed by atoms with Crippen LogP contribution in [0, 0.1) is 0 Å². The number of benzene rings is 1. The summed E-state index contributed by atoms with van der Waals surface area (Å²) in [5.41, 5.74) is -1.53. The second kappa shape index (κ2) is 10.6. The molecule has 0 aliphatic rings. The van der Waals surface area contributed by atoms with Crippen LogP contribution in [0.2, 0.25) is 19.6 Å². The number of hydrogen-bond acceptors (Lipinski definition) is 6. The van der Waals surface area contributed by atoms with E-state index in [1.807, 2.05) is 6.92 Å². The molecule has 0 spiro atoms. The summed E-state index contributed by atoms with van der Waals surface area (Å²) in [5, 5.41) is 12.1. The van der Waals surface area contributed by atoms with E-state index in [4.69, 9.17) is 9.47 Å². The van der Waals surface area contributed by atoms with Crippen molar-refractivity contribution in [3.63, 3.8) is 0 Å². The number of carbonyl (C=O) groups is 2. The summed E-state index contributed by atoms with van der Waals surface area (Å²) in [6.07, 6.45) is -1.08. The largest absolute Gasteiger partial charge is 0.480 e. The van der Waals surface area contributed by atoms with Crippen LogP contribution in [0.15, 0.2) is 33.9 Å². The Balaban J connectivity index is 2.37. The van der Waals surface area contributed by atoms with Crippen LogP contribution in [-0.2, 0) is 27.5 Å². The molecule has 0 fully saturated rings. The predicted molar refractivity (Wildman–Crippen MR) is 132 cm³/mol. The lowest BCUT2D eigenvalue weighted by atomic mass is 10.2. The lowest BCUT2D eigenvalue weighted by Gasteiger charge is -2.26. The van der Waals surface area contributed by atoms with Gasteiger partial charge >= 0.3 is 17.8 Å². The van der Waals surface area contributed by atoms with Gasteiger partial charge in [-0.15, -0.1) is 0 Å². The van der Waals surface area contributed by atoms with Crippen LogP contribution in [0.1, 0.15) is 34.1 Å². The van der Waals surface area contributed by atoms with Crippen LogP contribution in [0.3, 0.4) is 0 Å².